The van der Waals surface area contributed by atoms with Crippen molar-refractivity contribution in [2.45, 2.75) is 13.5 Å². The molecular weight excluding hydrogens is 356 g/mol. The summed E-state index contributed by atoms with van der Waals surface area (Å²) in [5, 5.41) is 14.1. The van der Waals surface area contributed by atoms with Crippen LogP contribution in [0.2, 0.25) is 0 Å². The Morgan fingerprint density at radius 2 is 1.79 bits per heavy atom. The normalized spacial score (nSPS) is 10.2. The first-order valence-electron chi connectivity index (χ1n) is 8.75. The zero-order valence-electron chi connectivity index (χ0n) is 16.0. The Morgan fingerprint density at radius 3 is 2.46 bits per heavy atom. The standard InChI is InChI=1S/C21H22N4O3/c1-14-5-4-6-16(11-14)23-21(26)17-8-10-20(25-24-17)22-13-15-7-9-18(27-2)19(12-15)28-3/h4-12H,13H2,1-3H3,(H,22,25)(H,23,26). The van der Waals surface area contributed by atoms with Gasteiger partial charge in [0.15, 0.2) is 17.2 Å². The molecule has 0 aliphatic heterocycles. The highest BCUT2D eigenvalue weighted by atomic mass is 16.5. The summed E-state index contributed by atoms with van der Waals surface area (Å²) in [7, 11) is 3.20. The van der Waals surface area contributed by atoms with Crippen molar-refractivity contribution < 1.29 is 14.3 Å². The molecule has 0 saturated carbocycles. The quantitative estimate of drug-likeness (QED) is 0.653. The number of carbonyl (C=O) groups excluding carboxylic acids is 1. The van der Waals surface area contributed by atoms with Crippen molar-refractivity contribution in [3.63, 3.8) is 0 Å². The van der Waals surface area contributed by atoms with Crippen LogP contribution in [0.4, 0.5) is 11.5 Å². The number of hydrogen-bond donors (Lipinski definition) is 2. The van der Waals surface area contributed by atoms with Crippen LogP contribution in [0.25, 0.3) is 0 Å². The molecule has 0 aliphatic rings. The van der Waals surface area contributed by atoms with Gasteiger partial charge >= 0.3 is 0 Å². The average Bonchev–Trinajstić information content (AvgIpc) is 2.72. The Balaban J connectivity index is 1.60. The van der Waals surface area contributed by atoms with Crippen LogP contribution < -0.4 is 20.1 Å². The third-order valence-corrected chi connectivity index (χ3v) is 4.09. The number of ether oxygens (including phenoxy) is 2. The summed E-state index contributed by atoms with van der Waals surface area (Å²) in [6, 6.07) is 16.6. The minimum absolute atomic E-state index is 0.248. The summed E-state index contributed by atoms with van der Waals surface area (Å²) in [6.07, 6.45) is 0. The Hall–Kier alpha value is -3.61. The molecule has 3 rings (SSSR count). The molecule has 0 spiro atoms. The van der Waals surface area contributed by atoms with Gasteiger partial charge in [0.2, 0.25) is 0 Å². The molecule has 0 aliphatic carbocycles. The lowest BCUT2D eigenvalue weighted by atomic mass is 10.2. The van der Waals surface area contributed by atoms with E-state index in [1.165, 1.54) is 0 Å². The topological polar surface area (TPSA) is 85.4 Å². The molecule has 2 N–H and O–H groups in total. The van der Waals surface area contributed by atoms with Gasteiger partial charge < -0.3 is 20.1 Å². The lowest BCUT2D eigenvalue weighted by molar-refractivity contribution is 0.102. The number of anilines is 2. The van der Waals surface area contributed by atoms with Crippen LogP contribution in [-0.2, 0) is 6.54 Å². The van der Waals surface area contributed by atoms with E-state index in [0.717, 1.165) is 16.8 Å². The maximum Gasteiger partial charge on any atom is 0.276 e. The average molecular weight is 378 g/mol. The molecule has 1 heterocycles. The van der Waals surface area contributed by atoms with E-state index in [2.05, 4.69) is 20.8 Å². The smallest absolute Gasteiger partial charge is 0.276 e. The number of amides is 1. The van der Waals surface area contributed by atoms with Crippen molar-refractivity contribution in [3.05, 3.63) is 71.4 Å². The number of carbonyl (C=O) groups is 1. The minimum Gasteiger partial charge on any atom is -0.493 e. The monoisotopic (exact) mass is 378 g/mol. The first kappa shape index (κ1) is 19.2. The number of aryl methyl sites for hydroxylation is 1. The van der Waals surface area contributed by atoms with Gasteiger partial charge in [0.05, 0.1) is 14.2 Å². The summed E-state index contributed by atoms with van der Waals surface area (Å²) in [6.45, 7) is 2.50. The molecule has 7 heteroatoms. The van der Waals surface area contributed by atoms with Gasteiger partial charge in [0.25, 0.3) is 5.91 Å². The van der Waals surface area contributed by atoms with Crippen LogP contribution in [0.3, 0.4) is 0 Å². The third kappa shape index (κ3) is 4.76. The number of nitrogens with zero attached hydrogens (tertiary/aromatic N) is 2. The highest BCUT2D eigenvalue weighted by Gasteiger charge is 2.09. The molecule has 3 aromatic rings. The molecular formula is C21H22N4O3. The van der Waals surface area contributed by atoms with Gasteiger partial charge in [0, 0.05) is 12.2 Å². The number of rotatable bonds is 7. The Kier molecular flexibility index (Phi) is 6.06. The van der Waals surface area contributed by atoms with E-state index in [1.54, 1.807) is 26.4 Å². The van der Waals surface area contributed by atoms with Crippen molar-refractivity contribution in [1.29, 1.82) is 0 Å². The lowest BCUT2D eigenvalue weighted by Gasteiger charge is -2.10. The summed E-state index contributed by atoms with van der Waals surface area (Å²) in [4.78, 5) is 12.3. The summed E-state index contributed by atoms with van der Waals surface area (Å²) in [5.41, 5.74) is 3.04. The Morgan fingerprint density at radius 1 is 0.964 bits per heavy atom. The van der Waals surface area contributed by atoms with Gasteiger partial charge in [0.1, 0.15) is 5.82 Å². The number of methoxy groups -OCH3 is 2. The molecule has 144 valence electrons. The van der Waals surface area contributed by atoms with Crippen LogP contribution in [0.5, 0.6) is 11.5 Å². The Bertz CT molecular complexity index is 958. The number of nitrogens with one attached hydrogen (secondary N) is 2. The van der Waals surface area contributed by atoms with E-state index in [1.807, 2.05) is 49.4 Å². The second-order valence-corrected chi connectivity index (χ2v) is 6.17. The molecule has 0 bridgehead atoms. The molecule has 0 atom stereocenters. The Labute approximate surface area is 163 Å². The number of aromatic nitrogens is 2. The molecule has 1 aromatic heterocycles. The van der Waals surface area contributed by atoms with Crippen molar-refractivity contribution in [2.75, 3.05) is 24.9 Å². The van der Waals surface area contributed by atoms with E-state index in [9.17, 15) is 4.79 Å². The highest BCUT2D eigenvalue weighted by molar-refractivity contribution is 6.02. The summed E-state index contributed by atoms with van der Waals surface area (Å²) >= 11 is 0. The van der Waals surface area contributed by atoms with Crippen LogP contribution in [-0.4, -0.2) is 30.3 Å². The minimum atomic E-state index is -0.301. The fourth-order valence-electron chi connectivity index (χ4n) is 2.65. The van der Waals surface area contributed by atoms with E-state index < -0.39 is 0 Å². The van der Waals surface area contributed by atoms with Crippen LogP contribution in [0.15, 0.2) is 54.6 Å². The van der Waals surface area contributed by atoms with E-state index in [4.69, 9.17) is 9.47 Å². The molecule has 0 fully saturated rings. The predicted molar refractivity (Wildman–Crippen MR) is 108 cm³/mol. The maximum atomic E-state index is 12.3. The molecule has 0 saturated heterocycles. The largest absolute Gasteiger partial charge is 0.493 e. The van der Waals surface area contributed by atoms with Crippen LogP contribution >= 0.6 is 0 Å². The zero-order chi connectivity index (χ0) is 19.9. The van der Waals surface area contributed by atoms with Crippen molar-refractivity contribution in [3.8, 4) is 11.5 Å². The molecule has 0 unspecified atom stereocenters. The first-order chi connectivity index (χ1) is 13.6. The first-order valence-corrected chi connectivity index (χ1v) is 8.75. The molecule has 2 aromatic carbocycles. The van der Waals surface area contributed by atoms with Crippen molar-refractivity contribution in [1.82, 2.24) is 10.2 Å². The molecule has 7 nitrogen and oxygen atoms in total. The predicted octanol–water partition coefficient (Wildman–Crippen LogP) is 3.67. The van der Waals surface area contributed by atoms with Crippen LogP contribution in [0, 0.1) is 6.92 Å². The van der Waals surface area contributed by atoms with E-state index >= 15 is 0 Å². The third-order valence-electron chi connectivity index (χ3n) is 4.09. The van der Waals surface area contributed by atoms with Crippen molar-refractivity contribution >= 4 is 17.4 Å². The van der Waals surface area contributed by atoms with Crippen LogP contribution in [0.1, 0.15) is 21.6 Å². The summed E-state index contributed by atoms with van der Waals surface area (Å²) in [5.74, 6) is 1.61. The number of benzene rings is 2. The van der Waals surface area contributed by atoms with Gasteiger partial charge in [-0.25, -0.2) is 0 Å². The number of hydrogen-bond acceptors (Lipinski definition) is 6. The van der Waals surface area contributed by atoms with Gasteiger partial charge in [-0.3, -0.25) is 4.79 Å². The van der Waals surface area contributed by atoms with Gasteiger partial charge in [-0.15, -0.1) is 10.2 Å². The highest BCUT2D eigenvalue weighted by Crippen LogP contribution is 2.27. The van der Waals surface area contributed by atoms with Gasteiger partial charge in [-0.2, -0.15) is 0 Å². The summed E-state index contributed by atoms with van der Waals surface area (Å²) < 4.78 is 10.5. The molecule has 1 amide bonds. The SMILES string of the molecule is COc1ccc(CNc2ccc(C(=O)Nc3cccc(C)c3)nn2)cc1OC. The van der Waals surface area contributed by atoms with E-state index in [-0.39, 0.29) is 11.6 Å². The maximum absolute atomic E-state index is 12.3. The fourth-order valence-corrected chi connectivity index (χ4v) is 2.65. The fraction of sp³-hybridized carbons (Fsp3) is 0.190. The zero-order valence-corrected chi connectivity index (χ0v) is 16.0. The van der Waals surface area contributed by atoms with Gasteiger partial charge in [-0.1, -0.05) is 18.2 Å². The molecule has 28 heavy (non-hydrogen) atoms. The van der Waals surface area contributed by atoms with E-state index in [0.29, 0.717) is 23.9 Å². The molecule has 0 radical (unpaired) electrons. The lowest BCUT2D eigenvalue weighted by Crippen LogP contribution is -2.15. The van der Waals surface area contributed by atoms with Gasteiger partial charge in [-0.05, 0) is 54.4 Å². The van der Waals surface area contributed by atoms with Crippen molar-refractivity contribution in [2.24, 2.45) is 0 Å². The second-order valence-electron chi connectivity index (χ2n) is 6.17. The second kappa shape index (κ2) is 8.85.